The molecule has 0 aliphatic carbocycles. The molecule has 1 heterocycles. The number of nitrogens with zero attached hydrogens (tertiary/aromatic N) is 1. The molecular formula is C31H23BrClN3O3. The van der Waals surface area contributed by atoms with E-state index in [9.17, 15) is 9.59 Å². The van der Waals surface area contributed by atoms with E-state index in [2.05, 4.69) is 43.6 Å². The van der Waals surface area contributed by atoms with Crippen molar-refractivity contribution in [1.29, 1.82) is 0 Å². The smallest absolute Gasteiger partial charge is 0.345 e. The molecule has 0 aliphatic rings. The summed E-state index contributed by atoms with van der Waals surface area (Å²) in [6, 6.07) is 25.7. The van der Waals surface area contributed by atoms with Crippen LogP contribution in [0.4, 0.5) is 0 Å². The number of hydrazone groups is 1. The van der Waals surface area contributed by atoms with E-state index < -0.39 is 11.9 Å². The van der Waals surface area contributed by atoms with Crippen LogP contribution in [0.3, 0.4) is 0 Å². The number of amides is 1. The number of halogens is 2. The lowest BCUT2D eigenvalue weighted by atomic mass is 9.99. The number of hydrogen-bond acceptors (Lipinski definition) is 4. The van der Waals surface area contributed by atoms with Gasteiger partial charge in [0, 0.05) is 26.5 Å². The Hall–Kier alpha value is -4.20. The van der Waals surface area contributed by atoms with Crippen molar-refractivity contribution in [3.8, 4) is 16.9 Å². The fourth-order valence-electron chi connectivity index (χ4n) is 4.44. The molecule has 0 saturated heterocycles. The number of ether oxygens (including phenoxy) is 1. The number of hydrogen-bond donors (Lipinski definition) is 2. The zero-order chi connectivity index (χ0) is 27.5. The highest BCUT2D eigenvalue weighted by molar-refractivity contribution is 9.10. The van der Waals surface area contributed by atoms with Crippen molar-refractivity contribution in [1.82, 2.24) is 10.4 Å². The van der Waals surface area contributed by atoms with Gasteiger partial charge < -0.3 is 9.72 Å². The summed E-state index contributed by atoms with van der Waals surface area (Å²) in [7, 11) is 0. The monoisotopic (exact) mass is 599 g/mol. The molecule has 1 aromatic heterocycles. The maximum Gasteiger partial charge on any atom is 0.345 e. The molecule has 0 unspecified atom stereocenters. The van der Waals surface area contributed by atoms with Gasteiger partial charge >= 0.3 is 5.97 Å². The van der Waals surface area contributed by atoms with Crippen molar-refractivity contribution in [3.05, 3.63) is 122 Å². The maximum atomic E-state index is 13.4. The zero-order valence-electron chi connectivity index (χ0n) is 21.1. The molecule has 5 aromatic rings. The van der Waals surface area contributed by atoms with Gasteiger partial charge in [-0.3, -0.25) is 4.79 Å². The summed E-state index contributed by atoms with van der Waals surface area (Å²) in [6.45, 7) is 4.05. The largest absolute Gasteiger partial charge is 0.422 e. The molecule has 0 aliphatic heterocycles. The summed E-state index contributed by atoms with van der Waals surface area (Å²) in [5.41, 5.74) is 8.53. The Bertz CT molecular complexity index is 1750. The van der Waals surface area contributed by atoms with Gasteiger partial charge in [-0.05, 0) is 61.4 Å². The quantitative estimate of drug-likeness (QED) is 0.0901. The number of carbonyl (C=O) groups excluding carboxylic acids is 2. The van der Waals surface area contributed by atoms with Crippen molar-refractivity contribution >= 4 is 56.5 Å². The predicted octanol–water partition coefficient (Wildman–Crippen LogP) is 7.85. The fourth-order valence-corrected chi connectivity index (χ4v) is 5.03. The molecule has 8 heteroatoms. The van der Waals surface area contributed by atoms with E-state index in [0.717, 1.165) is 37.6 Å². The van der Waals surface area contributed by atoms with Crippen LogP contribution in [0, 0.1) is 13.8 Å². The first-order valence-electron chi connectivity index (χ1n) is 12.1. The van der Waals surface area contributed by atoms with Gasteiger partial charge in [0.2, 0.25) is 0 Å². The van der Waals surface area contributed by atoms with Gasteiger partial charge in [-0.2, -0.15) is 5.10 Å². The third kappa shape index (κ3) is 5.65. The van der Waals surface area contributed by atoms with E-state index >= 15 is 0 Å². The van der Waals surface area contributed by atoms with Gasteiger partial charge in [-0.15, -0.1) is 0 Å². The van der Waals surface area contributed by atoms with Crippen LogP contribution in [0.5, 0.6) is 5.75 Å². The van der Waals surface area contributed by atoms with Gasteiger partial charge in [-0.25, -0.2) is 10.2 Å². The lowest BCUT2D eigenvalue weighted by molar-refractivity contribution is 0.0734. The van der Waals surface area contributed by atoms with Crippen molar-refractivity contribution in [2.24, 2.45) is 5.10 Å². The van der Waals surface area contributed by atoms with Gasteiger partial charge in [0.1, 0.15) is 11.4 Å². The number of nitrogens with one attached hydrogen (secondary N) is 2. The van der Waals surface area contributed by atoms with Crippen molar-refractivity contribution < 1.29 is 14.3 Å². The van der Waals surface area contributed by atoms with Crippen LogP contribution in [0.25, 0.3) is 22.0 Å². The van der Waals surface area contributed by atoms with Crippen LogP contribution >= 0.6 is 27.5 Å². The van der Waals surface area contributed by atoms with Crippen LogP contribution < -0.4 is 10.2 Å². The van der Waals surface area contributed by atoms with E-state index in [1.165, 1.54) is 6.21 Å². The number of esters is 1. The standard InChI is InChI=1S/C31H23BrClN3O3/c1-18-14-19(2)28-24(15-18)27(20-8-4-3-5-9-20)29(35-28)30(37)36-34-17-21-16-22(32)12-13-26(21)39-31(38)23-10-6-7-11-25(23)33/h3-17,35H,1-2H3,(H,36,37). The molecule has 6 nitrogen and oxygen atoms in total. The number of carbonyl (C=O) groups is 2. The van der Waals surface area contributed by atoms with E-state index in [4.69, 9.17) is 16.3 Å². The molecular weight excluding hydrogens is 578 g/mol. The minimum absolute atomic E-state index is 0.246. The number of benzene rings is 4. The Kier molecular flexibility index (Phi) is 7.63. The summed E-state index contributed by atoms with van der Waals surface area (Å²) in [5.74, 6) is -0.733. The fraction of sp³-hybridized carbons (Fsp3) is 0.0645. The Morgan fingerprint density at radius 2 is 1.72 bits per heavy atom. The second-order valence-electron chi connectivity index (χ2n) is 9.00. The molecule has 1 amide bonds. The molecule has 0 radical (unpaired) electrons. The van der Waals surface area contributed by atoms with Crippen molar-refractivity contribution in [2.75, 3.05) is 0 Å². The normalized spacial score (nSPS) is 11.2. The average molecular weight is 601 g/mol. The van der Waals surface area contributed by atoms with Crippen molar-refractivity contribution in [3.63, 3.8) is 0 Å². The molecule has 2 N–H and O–H groups in total. The Labute approximate surface area is 238 Å². The second-order valence-corrected chi connectivity index (χ2v) is 10.3. The van der Waals surface area contributed by atoms with Crippen LogP contribution in [0.15, 0.2) is 94.5 Å². The van der Waals surface area contributed by atoms with E-state index in [1.807, 2.05) is 44.2 Å². The molecule has 4 aromatic carbocycles. The summed E-state index contributed by atoms with van der Waals surface area (Å²) in [4.78, 5) is 29.4. The Morgan fingerprint density at radius 1 is 0.974 bits per heavy atom. The number of H-pyrrole nitrogens is 1. The highest BCUT2D eigenvalue weighted by Gasteiger charge is 2.20. The summed E-state index contributed by atoms with van der Waals surface area (Å²) >= 11 is 9.58. The van der Waals surface area contributed by atoms with Gasteiger partial charge in [0.15, 0.2) is 0 Å². The number of aromatic amines is 1. The SMILES string of the molecule is Cc1cc(C)c2[nH]c(C(=O)NN=Cc3cc(Br)ccc3OC(=O)c3ccccc3Cl)c(-c3ccccc3)c2c1. The predicted molar refractivity (Wildman–Crippen MR) is 159 cm³/mol. The Morgan fingerprint density at radius 3 is 2.49 bits per heavy atom. The molecule has 194 valence electrons. The summed E-state index contributed by atoms with van der Waals surface area (Å²) in [5, 5.41) is 5.44. The van der Waals surface area contributed by atoms with E-state index in [-0.39, 0.29) is 11.3 Å². The number of aryl methyl sites for hydroxylation is 2. The summed E-state index contributed by atoms with van der Waals surface area (Å²) < 4.78 is 6.35. The van der Waals surface area contributed by atoms with Crippen LogP contribution in [-0.4, -0.2) is 23.1 Å². The van der Waals surface area contributed by atoms with E-state index in [0.29, 0.717) is 16.3 Å². The minimum atomic E-state index is -0.599. The highest BCUT2D eigenvalue weighted by atomic mass is 79.9. The molecule has 0 atom stereocenters. The third-order valence-electron chi connectivity index (χ3n) is 6.18. The molecule has 39 heavy (non-hydrogen) atoms. The van der Waals surface area contributed by atoms with Crippen LogP contribution in [0.1, 0.15) is 37.5 Å². The second kappa shape index (κ2) is 11.3. The van der Waals surface area contributed by atoms with E-state index in [1.54, 1.807) is 42.5 Å². The van der Waals surface area contributed by atoms with Gasteiger partial charge in [0.05, 0.1) is 16.8 Å². The lowest BCUT2D eigenvalue weighted by Gasteiger charge is -2.09. The minimum Gasteiger partial charge on any atom is -0.422 e. The molecule has 0 fully saturated rings. The highest BCUT2D eigenvalue weighted by Crippen LogP contribution is 2.34. The number of aromatic nitrogens is 1. The first kappa shape index (κ1) is 26.4. The van der Waals surface area contributed by atoms with Gasteiger partial charge in [-0.1, -0.05) is 81.6 Å². The Balaban J connectivity index is 1.44. The van der Waals surface area contributed by atoms with Crippen LogP contribution in [-0.2, 0) is 0 Å². The maximum absolute atomic E-state index is 13.4. The lowest BCUT2D eigenvalue weighted by Crippen LogP contribution is -2.19. The zero-order valence-corrected chi connectivity index (χ0v) is 23.4. The third-order valence-corrected chi connectivity index (χ3v) is 7.00. The first-order valence-corrected chi connectivity index (χ1v) is 13.3. The summed E-state index contributed by atoms with van der Waals surface area (Å²) in [6.07, 6.45) is 1.43. The number of rotatable bonds is 6. The average Bonchev–Trinajstić information content (AvgIpc) is 3.30. The number of fused-ring (bicyclic) bond motifs is 1. The van der Waals surface area contributed by atoms with Crippen LogP contribution in [0.2, 0.25) is 5.02 Å². The van der Waals surface area contributed by atoms with Crippen molar-refractivity contribution in [2.45, 2.75) is 13.8 Å². The van der Waals surface area contributed by atoms with Gasteiger partial charge in [0.25, 0.3) is 5.91 Å². The topological polar surface area (TPSA) is 83.6 Å². The first-order chi connectivity index (χ1) is 18.8. The molecule has 0 bridgehead atoms. The molecule has 5 rings (SSSR count). The molecule has 0 spiro atoms. The molecule has 0 saturated carbocycles.